The van der Waals surface area contributed by atoms with Crippen LogP contribution in [0.3, 0.4) is 0 Å². The molecule has 68 valence electrons. The van der Waals surface area contributed by atoms with Crippen molar-refractivity contribution < 1.29 is 0 Å². The molecular weight excluding hydrogens is 184 g/mol. The van der Waals surface area contributed by atoms with Crippen molar-refractivity contribution >= 4 is 17.3 Å². The number of aromatic nitrogens is 1. The smallest absolute Gasteiger partial charge is 0.0650 e. The van der Waals surface area contributed by atoms with Crippen LogP contribution in [-0.4, -0.2) is 4.98 Å². The maximum atomic E-state index is 6.09. The van der Waals surface area contributed by atoms with Crippen molar-refractivity contribution in [2.24, 2.45) is 0 Å². The second kappa shape index (κ2) is 2.74. The molecule has 0 saturated heterocycles. The lowest BCUT2D eigenvalue weighted by Crippen LogP contribution is -2.20. The third-order valence-corrected chi connectivity index (χ3v) is 2.57. The number of fused-ring (bicyclic) bond motifs is 1. The van der Waals surface area contributed by atoms with Crippen LogP contribution in [0.4, 0.5) is 5.69 Å². The summed E-state index contributed by atoms with van der Waals surface area (Å²) >= 11 is 6.09. The average Bonchev–Trinajstić information content (AvgIpc) is 2.02. The zero-order valence-corrected chi connectivity index (χ0v) is 8.39. The monoisotopic (exact) mass is 194 g/mol. The largest absolute Gasteiger partial charge is 0.360 e. The minimum Gasteiger partial charge on any atom is -0.360 e. The lowest BCUT2D eigenvalue weighted by atomic mass is 9.82. The van der Waals surface area contributed by atoms with Crippen LogP contribution in [0.15, 0.2) is 24.7 Å². The molecule has 0 radical (unpaired) electrons. The molecule has 1 N–H and O–H groups in total. The number of anilines is 1. The topological polar surface area (TPSA) is 24.9 Å². The van der Waals surface area contributed by atoms with Gasteiger partial charge in [0.05, 0.1) is 16.9 Å². The van der Waals surface area contributed by atoms with Crippen LogP contribution in [0.5, 0.6) is 0 Å². The molecule has 0 aliphatic carbocycles. The highest BCUT2D eigenvalue weighted by atomic mass is 35.5. The van der Waals surface area contributed by atoms with Gasteiger partial charge >= 0.3 is 0 Å². The van der Waals surface area contributed by atoms with Crippen molar-refractivity contribution in [3.8, 4) is 0 Å². The number of nitrogens with one attached hydrogen (secondary N) is 1. The Morgan fingerprint density at radius 1 is 1.38 bits per heavy atom. The van der Waals surface area contributed by atoms with E-state index in [9.17, 15) is 0 Å². The normalized spacial score (nSPS) is 17.8. The molecule has 2 heterocycles. The van der Waals surface area contributed by atoms with E-state index < -0.39 is 0 Å². The third kappa shape index (κ3) is 1.31. The summed E-state index contributed by atoms with van der Waals surface area (Å²) in [4.78, 5) is 4.03. The Balaban J connectivity index is 2.66. The molecule has 1 aliphatic rings. The third-order valence-electron chi connectivity index (χ3n) is 2.28. The van der Waals surface area contributed by atoms with E-state index in [2.05, 4.69) is 30.2 Å². The quantitative estimate of drug-likeness (QED) is 0.687. The summed E-state index contributed by atoms with van der Waals surface area (Å²) in [6, 6.07) is 0. The molecule has 0 spiro atoms. The second-order valence-corrected chi connectivity index (χ2v) is 4.15. The van der Waals surface area contributed by atoms with Gasteiger partial charge in [-0.25, -0.2) is 0 Å². The van der Waals surface area contributed by atoms with Gasteiger partial charge in [-0.2, -0.15) is 0 Å². The number of allylic oxidation sites excluding steroid dienone is 1. The van der Waals surface area contributed by atoms with E-state index in [1.807, 2.05) is 6.20 Å². The van der Waals surface area contributed by atoms with E-state index in [0.29, 0.717) is 0 Å². The lowest BCUT2D eigenvalue weighted by molar-refractivity contribution is 0.664. The Bertz CT molecular complexity index is 369. The summed E-state index contributed by atoms with van der Waals surface area (Å²) in [5.41, 5.74) is 2.10. The van der Waals surface area contributed by atoms with Crippen LogP contribution in [0.2, 0.25) is 5.02 Å². The first kappa shape index (κ1) is 8.57. The molecule has 0 amide bonds. The highest BCUT2D eigenvalue weighted by Gasteiger charge is 2.26. The molecule has 0 unspecified atom stereocenters. The molecule has 2 nitrogen and oxygen atoms in total. The van der Waals surface area contributed by atoms with Gasteiger partial charge in [-0.3, -0.25) is 4.98 Å². The van der Waals surface area contributed by atoms with Crippen molar-refractivity contribution in [3.05, 3.63) is 35.3 Å². The van der Waals surface area contributed by atoms with Gasteiger partial charge in [-0.1, -0.05) is 31.5 Å². The van der Waals surface area contributed by atoms with Gasteiger partial charge in [-0.15, -0.1) is 0 Å². The Morgan fingerprint density at radius 2 is 2.15 bits per heavy atom. The number of rotatable bonds is 0. The Kier molecular flexibility index (Phi) is 1.81. The summed E-state index contributed by atoms with van der Waals surface area (Å²) in [6.45, 7) is 4.27. The van der Waals surface area contributed by atoms with Gasteiger partial charge in [0.2, 0.25) is 0 Å². The highest BCUT2D eigenvalue weighted by molar-refractivity contribution is 6.31. The molecule has 13 heavy (non-hydrogen) atoms. The summed E-state index contributed by atoms with van der Waals surface area (Å²) in [7, 11) is 0. The molecule has 2 rings (SSSR count). The van der Waals surface area contributed by atoms with Crippen LogP contribution < -0.4 is 5.32 Å². The van der Waals surface area contributed by atoms with Gasteiger partial charge in [0.25, 0.3) is 0 Å². The van der Waals surface area contributed by atoms with Gasteiger partial charge in [0, 0.05) is 17.2 Å². The Hall–Kier alpha value is -1.02. The van der Waals surface area contributed by atoms with Crippen LogP contribution in [0, 0.1) is 0 Å². The molecule has 1 aromatic rings. The summed E-state index contributed by atoms with van der Waals surface area (Å²) < 4.78 is 0. The fourth-order valence-electron chi connectivity index (χ4n) is 1.62. The molecule has 1 aromatic heterocycles. The van der Waals surface area contributed by atoms with Gasteiger partial charge in [0.15, 0.2) is 0 Å². The number of pyridine rings is 1. The molecule has 0 bridgehead atoms. The predicted molar refractivity (Wildman–Crippen MR) is 55.0 cm³/mol. The van der Waals surface area contributed by atoms with E-state index in [1.54, 1.807) is 12.4 Å². The number of hydrogen-bond acceptors (Lipinski definition) is 2. The fourth-order valence-corrected chi connectivity index (χ4v) is 2.02. The first-order valence-electron chi connectivity index (χ1n) is 4.19. The van der Waals surface area contributed by atoms with Crippen molar-refractivity contribution in [1.82, 2.24) is 4.98 Å². The van der Waals surface area contributed by atoms with Crippen LogP contribution in [0.1, 0.15) is 19.4 Å². The SMILES string of the molecule is CC1(C)C=CNc2cncc(Cl)c21. The predicted octanol–water partition coefficient (Wildman–Crippen LogP) is 2.95. The van der Waals surface area contributed by atoms with Crippen molar-refractivity contribution in [2.75, 3.05) is 5.32 Å². The Labute approximate surface area is 82.6 Å². The van der Waals surface area contributed by atoms with E-state index >= 15 is 0 Å². The lowest BCUT2D eigenvalue weighted by Gasteiger charge is -2.28. The van der Waals surface area contributed by atoms with E-state index in [1.165, 1.54) is 0 Å². The average molecular weight is 195 g/mol. The molecule has 0 atom stereocenters. The molecule has 3 heteroatoms. The van der Waals surface area contributed by atoms with Crippen LogP contribution in [-0.2, 0) is 5.41 Å². The van der Waals surface area contributed by atoms with Crippen molar-refractivity contribution in [2.45, 2.75) is 19.3 Å². The zero-order valence-electron chi connectivity index (χ0n) is 7.63. The van der Waals surface area contributed by atoms with Crippen molar-refractivity contribution in [3.63, 3.8) is 0 Å². The minimum atomic E-state index is -0.0133. The summed E-state index contributed by atoms with van der Waals surface area (Å²) in [5, 5.41) is 3.85. The number of nitrogens with zero attached hydrogens (tertiary/aromatic N) is 1. The first-order chi connectivity index (χ1) is 6.11. The Morgan fingerprint density at radius 3 is 2.85 bits per heavy atom. The molecular formula is C10H11ClN2. The minimum absolute atomic E-state index is 0.0133. The van der Waals surface area contributed by atoms with E-state index in [-0.39, 0.29) is 5.41 Å². The molecule has 0 fully saturated rings. The second-order valence-electron chi connectivity index (χ2n) is 3.74. The van der Waals surface area contributed by atoms with Gasteiger partial charge in [-0.05, 0) is 6.20 Å². The maximum Gasteiger partial charge on any atom is 0.0650 e. The highest BCUT2D eigenvalue weighted by Crippen LogP contribution is 2.38. The van der Waals surface area contributed by atoms with Gasteiger partial charge < -0.3 is 5.32 Å². The van der Waals surface area contributed by atoms with Crippen molar-refractivity contribution in [1.29, 1.82) is 0 Å². The van der Waals surface area contributed by atoms with Crippen LogP contribution in [0.25, 0.3) is 0 Å². The summed E-state index contributed by atoms with van der Waals surface area (Å²) in [6.07, 6.45) is 7.51. The molecule has 0 aromatic carbocycles. The van der Waals surface area contributed by atoms with Gasteiger partial charge in [0.1, 0.15) is 0 Å². The standard InChI is InChI=1S/C10H11ClN2/c1-10(2)3-4-13-8-6-12-5-7(11)9(8)10/h3-6,13H,1-2H3. The maximum absolute atomic E-state index is 6.09. The molecule has 1 aliphatic heterocycles. The zero-order chi connectivity index (χ0) is 9.47. The fraction of sp³-hybridized carbons (Fsp3) is 0.300. The first-order valence-corrected chi connectivity index (χ1v) is 4.57. The molecule has 0 saturated carbocycles. The number of halogens is 1. The summed E-state index contributed by atoms with van der Waals surface area (Å²) in [5.74, 6) is 0. The number of hydrogen-bond donors (Lipinski definition) is 1. The van der Waals surface area contributed by atoms with Crippen LogP contribution >= 0.6 is 11.6 Å². The van der Waals surface area contributed by atoms with E-state index in [0.717, 1.165) is 16.3 Å². The van der Waals surface area contributed by atoms with E-state index in [4.69, 9.17) is 11.6 Å².